The van der Waals surface area contributed by atoms with E-state index in [0.29, 0.717) is 11.6 Å². The SMILES string of the molecule is N#Cc1ccnc(N2CCC(N3CCOCC3)C2)c1. The van der Waals surface area contributed by atoms with Crippen molar-refractivity contribution in [1.82, 2.24) is 9.88 Å². The Hall–Kier alpha value is -1.64. The summed E-state index contributed by atoms with van der Waals surface area (Å²) in [5.41, 5.74) is 0.680. The lowest BCUT2D eigenvalue weighted by Crippen LogP contribution is -2.44. The molecule has 0 radical (unpaired) electrons. The first-order chi connectivity index (χ1) is 9.36. The second-order valence-corrected chi connectivity index (χ2v) is 5.05. The van der Waals surface area contributed by atoms with Crippen LogP contribution in [-0.4, -0.2) is 55.3 Å². The molecule has 19 heavy (non-hydrogen) atoms. The minimum atomic E-state index is 0.594. The molecule has 5 heteroatoms. The molecule has 2 fully saturated rings. The van der Waals surface area contributed by atoms with E-state index in [0.717, 1.165) is 45.2 Å². The van der Waals surface area contributed by atoms with Crippen LogP contribution in [0.4, 0.5) is 5.82 Å². The predicted molar refractivity (Wildman–Crippen MR) is 72.0 cm³/mol. The molecule has 1 aromatic heterocycles. The fraction of sp³-hybridized carbons (Fsp3) is 0.571. The van der Waals surface area contributed by atoms with Gasteiger partial charge < -0.3 is 9.64 Å². The number of hydrogen-bond acceptors (Lipinski definition) is 5. The van der Waals surface area contributed by atoms with E-state index in [4.69, 9.17) is 10.00 Å². The van der Waals surface area contributed by atoms with Gasteiger partial charge in [0.25, 0.3) is 0 Å². The molecular weight excluding hydrogens is 240 g/mol. The average Bonchev–Trinajstić information content (AvgIpc) is 2.98. The molecule has 1 aromatic rings. The average molecular weight is 258 g/mol. The van der Waals surface area contributed by atoms with Gasteiger partial charge in [0.2, 0.25) is 0 Å². The second kappa shape index (κ2) is 5.55. The molecule has 2 aliphatic heterocycles. The van der Waals surface area contributed by atoms with E-state index in [1.54, 1.807) is 12.3 Å². The van der Waals surface area contributed by atoms with Gasteiger partial charge in [-0.1, -0.05) is 0 Å². The molecule has 3 heterocycles. The van der Waals surface area contributed by atoms with E-state index >= 15 is 0 Å². The van der Waals surface area contributed by atoms with Gasteiger partial charge in [-0.05, 0) is 18.6 Å². The molecule has 0 aromatic carbocycles. The molecule has 0 aliphatic carbocycles. The zero-order valence-corrected chi connectivity index (χ0v) is 11.0. The fourth-order valence-corrected chi connectivity index (χ4v) is 2.85. The lowest BCUT2D eigenvalue weighted by atomic mass is 10.2. The molecule has 5 nitrogen and oxygen atoms in total. The van der Waals surface area contributed by atoms with E-state index < -0.39 is 0 Å². The quantitative estimate of drug-likeness (QED) is 0.787. The molecule has 0 spiro atoms. The van der Waals surface area contributed by atoms with Crippen LogP contribution in [0.2, 0.25) is 0 Å². The summed E-state index contributed by atoms with van der Waals surface area (Å²) in [5, 5.41) is 8.94. The Kier molecular flexibility index (Phi) is 3.62. The summed E-state index contributed by atoms with van der Waals surface area (Å²) in [6.07, 6.45) is 2.88. The van der Waals surface area contributed by atoms with Crippen molar-refractivity contribution >= 4 is 5.82 Å². The monoisotopic (exact) mass is 258 g/mol. The van der Waals surface area contributed by atoms with Gasteiger partial charge >= 0.3 is 0 Å². The molecular formula is C14H18N4O. The second-order valence-electron chi connectivity index (χ2n) is 5.05. The van der Waals surface area contributed by atoms with Crippen molar-refractivity contribution in [3.05, 3.63) is 23.9 Å². The Labute approximate surface area is 113 Å². The highest BCUT2D eigenvalue weighted by Gasteiger charge is 2.29. The van der Waals surface area contributed by atoms with E-state index in [9.17, 15) is 0 Å². The zero-order chi connectivity index (χ0) is 13.1. The molecule has 0 N–H and O–H groups in total. The van der Waals surface area contributed by atoms with Gasteiger partial charge in [-0.2, -0.15) is 5.26 Å². The third-order valence-corrected chi connectivity index (χ3v) is 3.92. The summed E-state index contributed by atoms with van der Waals surface area (Å²) >= 11 is 0. The molecule has 1 atom stereocenters. The van der Waals surface area contributed by atoms with Crippen molar-refractivity contribution in [2.75, 3.05) is 44.3 Å². The minimum absolute atomic E-state index is 0.594. The molecule has 2 saturated heterocycles. The number of nitrogens with zero attached hydrogens (tertiary/aromatic N) is 4. The molecule has 2 aliphatic rings. The summed E-state index contributed by atoms with van der Waals surface area (Å²) in [4.78, 5) is 9.17. The number of nitriles is 1. The number of morpholine rings is 1. The number of pyridine rings is 1. The maximum atomic E-state index is 8.94. The Morgan fingerprint density at radius 3 is 2.95 bits per heavy atom. The largest absolute Gasteiger partial charge is 0.379 e. The summed E-state index contributed by atoms with van der Waals surface area (Å²) in [7, 11) is 0. The van der Waals surface area contributed by atoms with Gasteiger partial charge in [-0.15, -0.1) is 0 Å². The highest BCUT2D eigenvalue weighted by Crippen LogP contribution is 2.22. The lowest BCUT2D eigenvalue weighted by molar-refractivity contribution is 0.0209. The van der Waals surface area contributed by atoms with Crippen LogP contribution in [0.25, 0.3) is 0 Å². The summed E-state index contributed by atoms with van der Waals surface area (Å²) < 4.78 is 5.40. The van der Waals surface area contributed by atoms with E-state index in [1.807, 2.05) is 6.07 Å². The van der Waals surface area contributed by atoms with Gasteiger partial charge in [0, 0.05) is 38.4 Å². The van der Waals surface area contributed by atoms with E-state index in [1.165, 1.54) is 6.42 Å². The zero-order valence-electron chi connectivity index (χ0n) is 11.0. The molecule has 0 amide bonds. The minimum Gasteiger partial charge on any atom is -0.379 e. The Bertz CT molecular complexity index is 479. The third-order valence-electron chi connectivity index (χ3n) is 3.92. The van der Waals surface area contributed by atoms with Crippen LogP contribution in [0.5, 0.6) is 0 Å². The van der Waals surface area contributed by atoms with Crippen molar-refractivity contribution in [1.29, 1.82) is 5.26 Å². The van der Waals surface area contributed by atoms with Crippen molar-refractivity contribution in [2.45, 2.75) is 12.5 Å². The Morgan fingerprint density at radius 1 is 1.32 bits per heavy atom. The van der Waals surface area contributed by atoms with Crippen LogP contribution >= 0.6 is 0 Å². The van der Waals surface area contributed by atoms with Gasteiger partial charge in [0.15, 0.2) is 0 Å². The predicted octanol–water partition coefficient (Wildman–Crippen LogP) is 0.864. The third kappa shape index (κ3) is 2.70. The number of ether oxygens (including phenoxy) is 1. The number of aromatic nitrogens is 1. The Balaban J connectivity index is 1.66. The van der Waals surface area contributed by atoms with Gasteiger partial charge in [0.1, 0.15) is 5.82 Å². The van der Waals surface area contributed by atoms with Crippen LogP contribution in [0, 0.1) is 11.3 Å². The summed E-state index contributed by atoms with van der Waals surface area (Å²) in [6.45, 7) is 5.78. The smallest absolute Gasteiger partial charge is 0.129 e. The van der Waals surface area contributed by atoms with Gasteiger partial charge in [-0.3, -0.25) is 4.90 Å². The fourth-order valence-electron chi connectivity index (χ4n) is 2.85. The molecule has 100 valence electrons. The van der Waals surface area contributed by atoms with Crippen LogP contribution < -0.4 is 4.90 Å². The maximum absolute atomic E-state index is 8.94. The number of anilines is 1. The van der Waals surface area contributed by atoms with E-state index in [2.05, 4.69) is 20.9 Å². The highest BCUT2D eigenvalue weighted by molar-refractivity contribution is 5.45. The summed E-state index contributed by atoms with van der Waals surface area (Å²) in [5.74, 6) is 0.926. The Morgan fingerprint density at radius 2 is 2.16 bits per heavy atom. The van der Waals surface area contributed by atoms with Crippen molar-refractivity contribution in [3.8, 4) is 6.07 Å². The van der Waals surface area contributed by atoms with Crippen molar-refractivity contribution in [3.63, 3.8) is 0 Å². The lowest BCUT2D eigenvalue weighted by Gasteiger charge is -2.32. The van der Waals surface area contributed by atoms with Crippen LogP contribution in [-0.2, 0) is 4.74 Å². The van der Waals surface area contributed by atoms with Crippen LogP contribution in [0.3, 0.4) is 0 Å². The van der Waals surface area contributed by atoms with E-state index in [-0.39, 0.29) is 0 Å². The first-order valence-corrected chi connectivity index (χ1v) is 6.80. The summed E-state index contributed by atoms with van der Waals surface area (Å²) in [6, 6.07) is 6.39. The highest BCUT2D eigenvalue weighted by atomic mass is 16.5. The molecule has 0 saturated carbocycles. The van der Waals surface area contributed by atoms with Crippen molar-refractivity contribution in [2.24, 2.45) is 0 Å². The first kappa shape index (κ1) is 12.4. The normalized spacial score (nSPS) is 24.4. The molecule has 1 unspecified atom stereocenters. The topological polar surface area (TPSA) is 52.4 Å². The number of hydrogen-bond donors (Lipinski definition) is 0. The van der Waals surface area contributed by atoms with Crippen LogP contribution in [0.15, 0.2) is 18.3 Å². The standard InChI is InChI=1S/C14H18N4O/c15-10-12-1-3-16-14(9-12)18-4-2-13(11-18)17-5-7-19-8-6-17/h1,3,9,13H,2,4-8,11H2. The first-order valence-electron chi connectivity index (χ1n) is 6.80. The van der Waals surface area contributed by atoms with Gasteiger partial charge in [-0.25, -0.2) is 4.98 Å². The van der Waals surface area contributed by atoms with Gasteiger partial charge in [0.05, 0.1) is 24.8 Å². The maximum Gasteiger partial charge on any atom is 0.129 e. The van der Waals surface area contributed by atoms with Crippen molar-refractivity contribution < 1.29 is 4.74 Å². The molecule has 3 rings (SSSR count). The molecule has 0 bridgehead atoms. The van der Waals surface area contributed by atoms with Crippen LogP contribution in [0.1, 0.15) is 12.0 Å². The number of rotatable bonds is 2.